The normalized spacial score (nSPS) is 10.3. The lowest BCUT2D eigenvalue weighted by Crippen LogP contribution is -2.33. The van der Waals surface area contributed by atoms with Crippen LogP contribution in [0, 0.1) is 11.6 Å². The summed E-state index contributed by atoms with van der Waals surface area (Å²) in [5.74, 6) is -2.68. The van der Waals surface area contributed by atoms with Gasteiger partial charge in [0.25, 0.3) is 0 Å². The van der Waals surface area contributed by atoms with Crippen molar-refractivity contribution in [2.24, 2.45) is 0 Å². The minimum absolute atomic E-state index is 0.125. The molecule has 1 N–H and O–H groups in total. The van der Waals surface area contributed by atoms with Gasteiger partial charge in [-0.15, -0.1) is 0 Å². The van der Waals surface area contributed by atoms with Crippen molar-refractivity contribution in [3.8, 4) is 0 Å². The number of para-hydroxylation sites is 1. The highest BCUT2D eigenvalue weighted by molar-refractivity contribution is 6.30. The second-order valence-electron chi connectivity index (χ2n) is 5.05. The first-order valence-electron chi connectivity index (χ1n) is 7.16. The summed E-state index contributed by atoms with van der Waals surface area (Å²) in [4.78, 5) is 24.6. The van der Waals surface area contributed by atoms with Crippen molar-refractivity contribution >= 4 is 34.8 Å². The van der Waals surface area contributed by atoms with Crippen LogP contribution in [-0.4, -0.2) is 18.4 Å². The molecule has 0 heterocycles. The van der Waals surface area contributed by atoms with Gasteiger partial charge in [0.15, 0.2) is 0 Å². The average molecular weight is 353 g/mol. The Balaban J connectivity index is 2.07. The molecular formula is C17H15ClF2N2O2. The SMILES string of the molecule is CC(=O)N(CCC(=O)Nc1cccc(Cl)c1)c1c(F)cccc1F. The fraction of sp³-hybridized carbons (Fsp3) is 0.176. The van der Waals surface area contributed by atoms with E-state index in [1.807, 2.05) is 0 Å². The average Bonchev–Trinajstić information content (AvgIpc) is 2.49. The van der Waals surface area contributed by atoms with Crippen molar-refractivity contribution in [1.29, 1.82) is 0 Å². The number of halogens is 3. The molecule has 0 aliphatic heterocycles. The van der Waals surface area contributed by atoms with E-state index >= 15 is 0 Å². The molecule has 126 valence electrons. The number of amides is 2. The molecule has 0 spiro atoms. The zero-order valence-electron chi connectivity index (χ0n) is 12.9. The van der Waals surface area contributed by atoms with Crippen molar-refractivity contribution in [2.75, 3.05) is 16.8 Å². The van der Waals surface area contributed by atoms with E-state index in [0.29, 0.717) is 10.7 Å². The highest BCUT2D eigenvalue weighted by Crippen LogP contribution is 2.23. The number of rotatable bonds is 5. The van der Waals surface area contributed by atoms with Crippen molar-refractivity contribution in [3.63, 3.8) is 0 Å². The molecule has 2 amide bonds. The molecule has 0 atom stereocenters. The van der Waals surface area contributed by atoms with E-state index in [2.05, 4.69) is 5.32 Å². The Morgan fingerprint density at radius 3 is 2.33 bits per heavy atom. The molecule has 2 aromatic carbocycles. The summed E-state index contributed by atoms with van der Waals surface area (Å²) in [6, 6.07) is 9.88. The van der Waals surface area contributed by atoms with E-state index in [0.717, 1.165) is 17.0 Å². The van der Waals surface area contributed by atoms with E-state index in [9.17, 15) is 18.4 Å². The second-order valence-corrected chi connectivity index (χ2v) is 5.49. The summed E-state index contributed by atoms with van der Waals surface area (Å²) in [5.41, 5.74) is 0.0412. The van der Waals surface area contributed by atoms with Gasteiger partial charge in [-0.05, 0) is 30.3 Å². The Morgan fingerprint density at radius 1 is 1.12 bits per heavy atom. The zero-order valence-corrected chi connectivity index (χ0v) is 13.6. The lowest BCUT2D eigenvalue weighted by Gasteiger charge is -2.22. The predicted octanol–water partition coefficient (Wildman–Crippen LogP) is 4.00. The molecule has 0 aliphatic rings. The van der Waals surface area contributed by atoms with E-state index in [1.54, 1.807) is 24.3 Å². The Kier molecular flexibility index (Phi) is 5.87. The van der Waals surface area contributed by atoms with Crippen LogP contribution in [0.4, 0.5) is 20.2 Å². The third-order valence-corrected chi connectivity index (χ3v) is 3.49. The van der Waals surface area contributed by atoms with E-state index in [1.165, 1.54) is 13.0 Å². The van der Waals surface area contributed by atoms with Gasteiger partial charge in [0.1, 0.15) is 17.3 Å². The van der Waals surface area contributed by atoms with E-state index in [4.69, 9.17) is 11.6 Å². The van der Waals surface area contributed by atoms with E-state index in [-0.39, 0.29) is 13.0 Å². The molecule has 2 aromatic rings. The number of carbonyl (C=O) groups excluding carboxylic acids is 2. The molecule has 0 aliphatic carbocycles. The van der Waals surface area contributed by atoms with Gasteiger partial charge >= 0.3 is 0 Å². The van der Waals surface area contributed by atoms with Crippen LogP contribution in [0.1, 0.15) is 13.3 Å². The Hall–Kier alpha value is -2.47. The van der Waals surface area contributed by atoms with Crippen LogP contribution in [0.2, 0.25) is 5.02 Å². The summed E-state index contributed by atoms with van der Waals surface area (Å²) in [6.45, 7) is 1.03. The van der Waals surface area contributed by atoms with E-state index < -0.39 is 29.1 Å². The number of hydrogen-bond donors (Lipinski definition) is 1. The quantitative estimate of drug-likeness (QED) is 0.884. The van der Waals surface area contributed by atoms with Crippen LogP contribution in [0.3, 0.4) is 0 Å². The van der Waals surface area contributed by atoms with Gasteiger partial charge < -0.3 is 10.2 Å². The molecule has 0 fully saturated rings. The number of benzene rings is 2. The maximum absolute atomic E-state index is 13.8. The standard InChI is InChI=1S/C17H15ClF2N2O2/c1-11(23)22(17-14(19)6-3-7-15(17)20)9-8-16(24)21-13-5-2-4-12(18)10-13/h2-7,10H,8-9H2,1H3,(H,21,24). The first kappa shape index (κ1) is 17.9. The fourth-order valence-electron chi connectivity index (χ4n) is 2.18. The van der Waals surface area contributed by atoms with Crippen LogP contribution in [0.5, 0.6) is 0 Å². The summed E-state index contributed by atoms with van der Waals surface area (Å²) in [6.07, 6.45) is -0.125. The van der Waals surface area contributed by atoms with Gasteiger partial charge in [-0.25, -0.2) is 8.78 Å². The van der Waals surface area contributed by atoms with Crippen LogP contribution in [-0.2, 0) is 9.59 Å². The molecule has 2 rings (SSSR count). The lowest BCUT2D eigenvalue weighted by molar-refractivity contribution is -0.117. The van der Waals surface area contributed by atoms with Crippen LogP contribution in [0.15, 0.2) is 42.5 Å². The summed E-state index contributed by atoms with van der Waals surface area (Å²) in [7, 11) is 0. The number of nitrogens with zero attached hydrogens (tertiary/aromatic N) is 1. The molecule has 0 bridgehead atoms. The zero-order chi connectivity index (χ0) is 17.7. The molecule has 4 nitrogen and oxygen atoms in total. The molecule has 0 unspecified atom stereocenters. The van der Waals surface area contributed by atoms with Gasteiger partial charge in [-0.3, -0.25) is 9.59 Å². The minimum Gasteiger partial charge on any atom is -0.326 e. The number of nitrogens with one attached hydrogen (secondary N) is 1. The monoisotopic (exact) mass is 352 g/mol. The third-order valence-electron chi connectivity index (χ3n) is 3.26. The first-order valence-corrected chi connectivity index (χ1v) is 7.54. The maximum Gasteiger partial charge on any atom is 0.226 e. The Bertz CT molecular complexity index is 748. The van der Waals surface area contributed by atoms with Gasteiger partial charge in [0.05, 0.1) is 0 Å². The van der Waals surface area contributed by atoms with Crippen LogP contribution >= 0.6 is 11.6 Å². The highest BCUT2D eigenvalue weighted by Gasteiger charge is 2.20. The molecular weight excluding hydrogens is 338 g/mol. The van der Waals surface area contributed by atoms with Crippen molar-refractivity contribution in [2.45, 2.75) is 13.3 Å². The summed E-state index contributed by atoms with van der Waals surface area (Å²) >= 11 is 5.82. The molecule has 24 heavy (non-hydrogen) atoms. The number of carbonyl (C=O) groups is 2. The lowest BCUT2D eigenvalue weighted by atomic mass is 10.2. The van der Waals surface area contributed by atoms with Crippen molar-refractivity contribution in [1.82, 2.24) is 0 Å². The van der Waals surface area contributed by atoms with Crippen molar-refractivity contribution < 1.29 is 18.4 Å². The Morgan fingerprint density at radius 2 is 1.75 bits per heavy atom. The highest BCUT2D eigenvalue weighted by atomic mass is 35.5. The maximum atomic E-state index is 13.8. The largest absolute Gasteiger partial charge is 0.326 e. The third kappa shape index (κ3) is 4.52. The van der Waals surface area contributed by atoms with Gasteiger partial charge in [-0.1, -0.05) is 23.7 Å². The smallest absolute Gasteiger partial charge is 0.226 e. The number of hydrogen-bond acceptors (Lipinski definition) is 2. The molecule has 0 radical (unpaired) electrons. The first-order chi connectivity index (χ1) is 11.4. The van der Waals surface area contributed by atoms with Crippen molar-refractivity contribution in [3.05, 3.63) is 59.1 Å². The topological polar surface area (TPSA) is 49.4 Å². The summed E-state index contributed by atoms with van der Waals surface area (Å²) in [5, 5.41) is 3.07. The van der Waals surface area contributed by atoms with Gasteiger partial charge in [0.2, 0.25) is 11.8 Å². The predicted molar refractivity (Wildman–Crippen MR) is 89.1 cm³/mol. The molecule has 0 saturated carbocycles. The second kappa shape index (κ2) is 7.88. The van der Waals surface area contributed by atoms with Gasteiger partial charge in [0, 0.05) is 30.6 Å². The number of anilines is 2. The molecule has 7 heteroatoms. The van der Waals surface area contributed by atoms with Crippen LogP contribution in [0.25, 0.3) is 0 Å². The minimum atomic E-state index is -0.861. The Labute approximate surface area is 143 Å². The van der Waals surface area contributed by atoms with Gasteiger partial charge in [-0.2, -0.15) is 0 Å². The van der Waals surface area contributed by atoms with Crippen LogP contribution < -0.4 is 10.2 Å². The molecule has 0 aromatic heterocycles. The fourth-order valence-corrected chi connectivity index (χ4v) is 2.37. The molecule has 0 saturated heterocycles. The summed E-state index contributed by atoms with van der Waals surface area (Å²) < 4.78 is 27.7.